The second-order valence-corrected chi connectivity index (χ2v) is 8.17. The molecule has 0 unspecified atom stereocenters. The third-order valence-corrected chi connectivity index (χ3v) is 6.49. The van der Waals surface area contributed by atoms with Crippen molar-refractivity contribution in [2.24, 2.45) is 0 Å². The molecule has 0 fully saturated rings. The molecule has 0 N–H and O–H groups in total. The summed E-state index contributed by atoms with van der Waals surface area (Å²) < 4.78 is 38.5. The summed E-state index contributed by atoms with van der Waals surface area (Å²) in [5.74, 6) is 0.0950. The Morgan fingerprint density at radius 2 is 1.71 bits per heavy atom. The first-order valence-corrected chi connectivity index (χ1v) is 10.9. The van der Waals surface area contributed by atoms with Gasteiger partial charge in [-0.3, -0.25) is 19.2 Å². The number of nitro groups is 1. The molecule has 0 aromatic heterocycles. The van der Waals surface area contributed by atoms with E-state index in [1.807, 2.05) is 0 Å². The number of methoxy groups -OCH3 is 2. The van der Waals surface area contributed by atoms with Crippen LogP contribution in [-0.4, -0.2) is 58.0 Å². The van der Waals surface area contributed by atoms with Gasteiger partial charge in [0.1, 0.15) is 18.0 Å². The van der Waals surface area contributed by atoms with Gasteiger partial charge >= 0.3 is 0 Å². The van der Waals surface area contributed by atoms with E-state index in [9.17, 15) is 23.3 Å². The van der Waals surface area contributed by atoms with Gasteiger partial charge in [0.15, 0.2) is 4.90 Å². The SMILES string of the molecule is CCN(CC)C(=O)CN(c1ccc(OC)cc1OC)S(=O)(=O)c1ccccc1[N+](=O)[O-]. The number of carbonyl (C=O) groups is 1. The number of nitrogens with zero attached hydrogens (tertiary/aromatic N) is 3. The topological polar surface area (TPSA) is 119 Å². The Hall–Kier alpha value is -3.34. The zero-order chi connectivity index (χ0) is 23.2. The smallest absolute Gasteiger partial charge is 0.289 e. The first-order valence-electron chi connectivity index (χ1n) is 9.47. The average Bonchev–Trinajstić information content (AvgIpc) is 2.77. The van der Waals surface area contributed by atoms with E-state index >= 15 is 0 Å². The van der Waals surface area contributed by atoms with Crippen molar-refractivity contribution in [1.82, 2.24) is 4.90 Å². The van der Waals surface area contributed by atoms with E-state index in [0.29, 0.717) is 18.8 Å². The van der Waals surface area contributed by atoms with Crippen molar-refractivity contribution in [2.45, 2.75) is 18.7 Å². The van der Waals surface area contributed by atoms with E-state index in [-0.39, 0.29) is 11.4 Å². The van der Waals surface area contributed by atoms with E-state index in [4.69, 9.17) is 9.47 Å². The Balaban J connectivity index is 2.71. The second-order valence-electron chi connectivity index (χ2n) is 6.34. The molecule has 0 aliphatic carbocycles. The highest BCUT2D eigenvalue weighted by molar-refractivity contribution is 7.93. The third kappa shape index (κ3) is 5.05. The largest absolute Gasteiger partial charge is 0.497 e. The molecule has 0 atom stereocenters. The molecule has 168 valence electrons. The molecular formula is C20H25N3O7S. The Morgan fingerprint density at radius 1 is 1.06 bits per heavy atom. The minimum atomic E-state index is -4.50. The van der Waals surface area contributed by atoms with E-state index in [1.54, 1.807) is 13.8 Å². The van der Waals surface area contributed by atoms with Gasteiger partial charge in [-0.15, -0.1) is 0 Å². The average molecular weight is 452 g/mol. The molecule has 0 spiro atoms. The second kappa shape index (κ2) is 10.1. The van der Waals surface area contributed by atoms with Gasteiger partial charge in [0.05, 0.1) is 24.8 Å². The van der Waals surface area contributed by atoms with Crippen molar-refractivity contribution in [3.8, 4) is 11.5 Å². The number of amides is 1. The van der Waals surface area contributed by atoms with Gasteiger partial charge in [-0.2, -0.15) is 0 Å². The van der Waals surface area contributed by atoms with Crippen molar-refractivity contribution < 1.29 is 27.6 Å². The maximum Gasteiger partial charge on any atom is 0.289 e. The number of para-hydroxylation sites is 1. The lowest BCUT2D eigenvalue weighted by molar-refractivity contribution is -0.387. The van der Waals surface area contributed by atoms with Gasteiger partial charge in [-0.05, 0) is 32.0 Å². The maximum absolute atomic E-state index is 13.6. The number of likely N-dealkylation sites (N-methyl/N-ethyl adjacent to an activating group) is 1. The number of carbonyl (C=O) groups excluding carboxylic acids is 1. The molecule has 2 aromatic rings. The van der Waals surface area contributed by atoms with Crippen LogP contribution in [0.15, 0.2) is 47.4 Å². The minimum Gasteiger partial charge on any atom is -0.497 e. The molecule has 0 aliphatic heterocycles. The zero-order valence-corrected chi connectivity index (χ0v) is 18.6. The van der Waals surface area contributed by atoms with E-state index in [1.165, 1.54) is 49.5 Å². The van der Waals surface area contributed by atoms with Gasteiger partial charge in [0.25, 0.3) is 15.7 Å². The van der Waals surface area contributed by atoms with Gasteiger partial charge in [-0.1, -0.05) is 12.1 Å². The minimum absolute atomic E-state index is 0.0574. The van der Waals surface area contributed by atoms with Crippen LogP contribution in [0.1, 0.15) is 13.8 Å². The number of sulfonamides is 1. The fraction of sp³-hybridized carbons (Fsp3) is 0.350. The van der Waals surface area contributed by atoms with Crippen LogP contribution < -0.4 is 13.8 Å². The van der Waals surface area contributed by atoms with Gasteiger partial charge in [-0.25, -0.2) is 8.42 Å². The van der Waals surface area contributed by atoms with E-state index < -0.39 is 38.0 Å². The Kier molecular flexibility index (Phi) is 7.81. The lowest BCUT2D eigenvalue weighted by atomic mass is 10.2. The van der Waals surface area contributed by atoms with E-state index in [0.717, 1.165) is 16.4 Å². The molecule has 2 aromatic carbocycles. The number of hydrogen-bond donors (Lipinski definition) is 0. The summed E-state index contributed by atoms with van der Waals surface area (Å²) in [5.41, 5.74) is -0.530. The van der Waals surface area contributed by atoms with Crippen LogP contribution in [-0.2, 0) is 14.8 Å². The molecule has 11 heteroatoms. The predicted molar refractivity (Wildman–Crippen MR) is 115 cm³/mol. The van der Waals surface area contributed by atoms with Crippen LogP contribution in [0.3, 0.4) is 0 Å². The predicted octanol–water partition coefficient (Wildman–Crippen LogP) is 2.68. The first kappa shape index (κ1) is 23.9. The summed E-state index contributed by atoms with van der Waals surface area (Å²) >= 11 is 0. The highest BCUT2D eigenvalue weighted by Crippen LogP contribution is 2.37. The van der Waals surface area contributed by atoms with E-state index in [2.05, 4.69) is 0 Å². The molecule has 0 saturated heterocycles. The molecule has 2 rings (SSSR count). The molecule has 0 heterocycles. The number of nitro benzene ring substituents is 1. The summed E-state index contributed by atoms with van der Waals surface area (Å²) in [6.45, 7) is 3.76. The van der Waals surface area contributed by atoms with Crippen LogP contribution in [0.5, 0.6) is 11.5 Å². The number of anilines is 1. The van der Waals surface area contributed by atoms with Crippen LogP contribution in [0.2, 0.25) is 0 Å². The lowest BCUT2D eigenvalue weighted by Crippen LogP contribution is -2.43. The van der Waals surface area contributed by atoms with Crippen molar-refractivity contribution in [3.05, 3.63) is 52.6 Å². The Bertz CT molecular complexity index is 1050. The number of rotatable bonds is 10. The molecule has 1 amide bonds. The molecular weight excluding hydrogens is 426 g/mol. The highest BCUT2D eigenvalue weighted by Gasteiger charge is 2.35. The Labute approximate surface area is 181 Å². The van der Waals surface area contributed by atoms with Gasteiger partial charge in [0.2, 0.25) is 5.91 Å². The van der Waals surface area contributed by atoms with Crippen LogP contribution in [0, 0.1) is 10.1 Å². The summed E-state index contributed by atoms with van der Waals surface area (Å²) in [6, 6.07) is 9.41. The third-order valence-electron chi connectivity index (χ3n) is 4.68. The zero-order valence-electron chi connectivity index (χ0n) is 17.8. The summed E-state index contributed by atoms with van der Waals surface area (Å²) in [4.78, 5) is 24.5. The maximum atomic E-state index is 13.6. The molecule has 31 heavy (non-hydrogen) atoms. The highest BCUT2D eigenvalue weighted by atomic mass is 32.2. The summed E-state index contributed by atoms with van der Waals surface area (Å²) in [5, 5.41) is 11.5. The molecule has 0 radical (unpaired) electrons. The summed E-state index contributed by atoms with van der Waals surface area (Å²) in [6.07, 6.45) is 0. The quantitative estimate of drug-likeness (QED) is 0.402. The van der Waals surface area contributed by atoms with Crippen LogP contribution in [0.25, 0.3) is 0 Å². The number of hydrogen-bond acceptors (Lipinski definition) is 7. The molecule has 0 saturated carbocycles. The lowest BCUT2D eigenvalue weighted by Gasteiger charge is -2.28. The first-order chi connectivity index (χ1) is 14.7. The number of benzene rings is 2. The molecule has 0 aliphatic rings. The van der Waals surface area contributed by atoms with Crippen molar-refractivity contribution in [2.75, 3.05) is 38.2 Å². The Morgan fingerprint density at radius 3 is 2.26 bits per heavy atom. The number of ether oxygens (including phenoxy) is 2. The van der Waals surface area contributed by atoms with Crippen molar-refractivity contribution in [1.29, 1.82) is 0 Å². The van der Waals surface area contributed by atoms with Gasteiger partial charge in [0, 0.05) is 25.2 Å². The van der Waals surface area contributed by atoms with Gasteiger partial charge < -0.3 is 14.4 Å². The fourth-order valence-corrected chi connectivity index (χ4v) is 4.62. The van der Waals surface area contributed by atoms with Crippen molar-refractivity contribution >= 4 is 27.3 Å². The molecule has 0 bridgehead atoms. The summed E-state index contributed by atoms with van der Waals surface area (Å²) in [7, 11) is -1.71. The normalized spacial score (nSPS) is 11.0. The molecule has 10 nitrogen and oxygen atoms in total. The standard InChI is InChI=1S/C20H25N3O7S/c1-5-21(6-2)20(24)14-22(16-12-11-15(29-3)13-18(16)30-4)31(27,28)19-10-8-7-9-17(19)23(25)26/h7-13H,5-6,14H2,1-4H3. The monoisotopic (exact) mass is 451 g/mol. The van der Waals surface area contributed by atoms with Crippen LogP contribution in [0.4, 0.5) is 11.4 Å². The van der Waals surface area contributed by atoms with Crippen LogP contribution >= 0.6 is 0 Å². The fourth-order valence-electron chi connectivity index (χ4n) is 3.03. The van der Waals surface area contributed by atoms with Crippen molar-refractivity contribution in [3.63, 3.8) is 0 Å².